The first-order valence-electron chi connectivity index (χ1n) is 7.67. The molecule has 0 atom stereocenters. The molecule has 0 amide bonds. The molecule has 0 N–H and O–H groups in total. The number of nitrogens with zero attached hydrogens (tertiary/aromatic N) is 1. The second kappa shape index (κ2) is 6.41. The fourth-order valence-electron chi connectivity index (χ4n) is 2.42. The quantitative estimate of drug-likeness (QED) is 0.469. The van der Waals surface area contributed by atoms with Crippen molar-refractivity contribution in [3.8, 4) is 0 Å². The second-order valence-corrected chi connectivity index (χ2v) is 11.7. The predicted molar refractivity (Wildman–Crippen MR) is 108 cm³/mol. The third-order valence-corrected chi connectivity index (χ3v) is 9.62. The van der Waals surface area contributed by atoms with Crippen LogP contribution in [0.3, 0.4) is 0 Å². The summed E-state index contributed by atoms with van der Waals surface area (Å²) < 4.78 is 9.95. The number of allylic oxidation sites excluding steroid dienone is 2. The van der Waals surface area contributed by atoms with E-state index in [0.29, 0.717) is 0 Å². The van der Waals surface area contributed by atoms with Crippen molar-refractivity contribution in [2.24, 2.45) is 0 Å². The highest BCUT2D eigenvalue weighted by Gasteiger charge is 2.33. The molecule has 7 heteroatoms. The van der Waals surface area contributed by atoms with Gasteiger partial charge in [0.1, 0.15) is 5.60 Å². The molecule has 24 heavy (non-hydrogen) atoms. The Balaban J connectivity index is 1.90. The number of fused-ring (bicyclic) bond motifs is 1. The summed E-state index contributed by atoms with van der Waals surface area (Å²) in [6.45, 7) is 14.0. The first-order chi connectivity index (χ1) is 11.1. The van der Waals surface area contributed by atoms with Gasteiger partial charge < -0.3 is 4.74 Å². The van der Waals surface area contributed by atoms with Crippen LogP contribution in [-0.2, 0) is 4.74 Å². The Kier molecular flexibility index (Phi) is 4.92. The van der Waals surface area contributed by atoms with Crippen LogP contribution in [0.4, 0.5) is 4.79 Å². The monoisotopic (exact) mass is 399 g/mol. The Labute approximate surface area is 160 Å². The van der Waals surface area contributed by atoms with Gasteiger partial charge in [0.15, 0.2) is 0 Å². The van der Waals surface area contributed by atoms with Crippen molar-refractivity contribution >= 4 is 53.1 Å². The van der Waals surface area contributed by atoms with Crippen LogP contribution < -0.4 is 0 Å². The SMILES string of the molecule is CC1=C(C)SC(=C2Sc3c(c(C)n(C(=O)OC(C)(C)C)c3C)S2)S1. The van der Waals surface area contributed by atoms with E-state index >= 15 is 0 Å². The lowest BCUT2D eigenvalue weighted by molar-refractivity contribution is 0.0530. The van der Waals surface area contributed by atoms with Crippen LogP contribution in [0.1, 0.15) is 46.0 Å². The minimum Gasteiger partial charge on any atom is -0.443 e. The molecule has 0 aromatic carbocycles. The highest BCUT2D eigenvalue weighted by atomic mass is 32.2. The summed E-state index contributed by atoms with van der Waals surface area (Å²) >= 11 is 7.27. The second-order valence-electron chi connectivity index (χ2n) is 6.74. The van der Waals surface area contributed by atoms with Crippen LogP contribution in [0.2, 0.25) is 0 Å². The van der Waals surface area contributed by atoms with Gasteiger partial charge in [-0.15, -0.1) is 0 Å². The molecular formula is C17H21NO2S4. The number of carbonyl (C=O) groups excluding carboxylic acids is 1. The number of ether oxygens (including phenoxy) is 1. The average Bonchev–Trinajstić information content (AvgIpc) is 3.06. The first kappa shape index (κ1) is 18.4. The third-order valence-electron chi connectivity index (χ3n) is 3.65. The van der Waals surface area contributed by atoms with Gasteiger partial charge in [0, 0.05) is 21.2 Å². The van der Waals surface area contributed by atoms with E-state index in [4.69, 9.17) is 4.74 Å². The average molecular weight is 400 g/mol. The fraction of sp³-hybridized carbons (Fsp3) is 0.471. The molecule has 1 aromatic rings. The van der Waals surface area contributed by atoms with Crippen molar-refractivity contribution in [3.63, 3.8) is 0 Å². The molecule has 0 bridgehead atoms. The van der Waals surface area contributed by atoms with Gasteiger partial charge in [-0.2, -0.15) is 0 Å². The van der Waals surface area contributed by atoms with Gasteiger partial charge in [-0.05, 0) is 58.3 Å². The van der Waals surface area contributed by atoms with E-state index < -0.39 is 5.60 Å². The molecule has 1 aromatic heterocycles. The van der Waals surface area contributed by atoms with E-state index in [1.807, 2.05) is 58.1 Å². The van der Waals surface area contributed by atoms with Crippen LogP contribution >= 0.6 is 47.0 Å². The van der Waals surface area contributed by atoms with Crippen molar-refractivity contribution in [2.75, 3.05) is 0 Å². The van der Waals surface area contributed by atoms with Crippen molar-refractivity contribution in [1.29, 1.82) is 0 Å². The highest BCUT2D eigenvalue weighted by molar-refractivity contribution is 8.32. The largest absolute Gasteiger partial charge is 0.443 e. The summed E-state index contributed by atoms with van der Waals surface area (Å²) in [5.41, 5.74) is 1.45. The minimum absolute atomic E-state index is 0.291. The molecule has 2 aliphatic rings. The topological polar surface area (TPSA) is 31.2 Å². The van der Waals surface area contributed by atoms with Gasteiger partial charge in [0.05, 0.1) is 8.47 Å². The molecule has 3 rings (SSSR count). The molecule has 3 heterocycles. The molecule has 0 saturated carbocycles. The van der Waals surface area contributed by atoms with Crippen LogP contribution in [-0.4, -0.2) is 16.3 Å². The molecule has 0 radical (unpaired) electrons. The number of thioether (sulfide) groups is 4. The maximum Gasteiger partial charge on any atom is 0.419 e. The van der Waals surface area contributed by atoms with Gasteiger partial charge in [-0.3, -0.25) is 4.57 Å². The van der Waals surface area contributed by atoms with Gasteiger partial charge in [-0.25, -0.2) is 4.79 Å². The normalized spacial score (nSPS) is 17.8. The Morgan fingerprint density at radius 2 is 1.25 bits per heavy atom. The van der Waals surface area contributed by atoms with Crippen molar-refractivity contribution in [1.82, 2.24) is 4.57 Å². The summed E-state index contributed by atoms with van der Waals surface area (Å²) in [6.07, 6.45) is -0.291. The maximum atomic E-state index is 12.5. The molecule has 3 nitrogen and oxygen atoms in total. The predicted octanol–water partition coefficient (Wildman–Crippen LogP) is 6.94. The zero-order valence-corrected chi connectivity index (χ0v) is 18.2. The van der Waals surface area contributed by atoms with Crippen molar-refractivity contribution in [2.45, 2.75) is 63.9 Å². The highest BCUT2D eigenvalue weighted by Crippen LogP contribution is 2.62. The van der Waals surface area contributed by atoms with E-state index in [9.17, 15) is 4.79 Å². The van der Waals surface area contributed by atoms with Crippen LogP contribution in [0, 0.1) is 13.8 Å². The van der Waals surface area contributed by atoms with E-state index in [2.05, 4.69) is 13.8 Å². The van der Waals surface area contributed by atoms with Crippen LogP contribution in [0.25, 0.3) is 0 Å². The number of hydrogen-bond donors (Lipinski definition) is 0. The summed E-state index contributed by atoms with van der Waals surface area (Å²) in [5, 5.41) is 0. The molecular weight excluding hydrogens is 378 g/mol. The molecule has 0 saturated heterocycles. The minimum atomic E-state index is -0.490. The summed E-state index contributed by atoms with van der Waals surface area (Å²) in [4.78, 5) is 17.7. The van der Waals surface area contributed by atoms with Gasteiger partial charge in [-0.1, -0.05) is 47.0 Å². The molecule has 0 aliphatic carbocycles. The molecule has 130 valence electrons. The Hall–Kier alpha value is -0.370. The van der Waals surface area contributed by atoms with Crippen molar-refractivity contribution < 1.29 is 9.53 Å². The molecule has 0 spiro atoms. The number of hydrogen-bond acceptors (Lipinski definition) is 6. The summed E-state index contributed by atoms with van der Waals surface area (Å²) in [7, 11) is 0. The standard InChI is InChI=1S/C17H21NO2S4/c1-8-12-13(9(2)18(8)16(19)20-17(5,6)7)24-15(23-12)14-21-10(3)11(4)22-14/h1-7H3. The Morgan fingerprint density at radius 3 is 1.67 bits per heavy atom. The molecule has 2 aliphatic heterocycles. The first-order valence-corrected chi connectivity index (χ1v) is 10.9. The maximum absolute atomic E-state index is 12.5. The number of rotatable bonds is 0. The van der Waals surface area contributed by atoms with Gasteiger partial charge >= 0.3 is 6.09 Å². The lowest BCUT2D eigenvalue weighted by atomic mass is 10.2. The molecule has 0 fully saturated rings. The fourth-order valence-corrected chi connectivity index (χ4v) is 8.01. The lowest BCUT2D eigenvalue weighted by Gasteiger charge is -2.21. The molecule has 0 unspecified atom stereocenters. The van der Waals surface area contributed by atoms with E-state index in [-0.39, 0.29) is 6.09 Å². The van der Waals surface area contributed by atoms with E-state index in [1.54, 1.807) is 28.1 Å². The summed E-state index contributed by atoms with van der Waals surface area (Å²) in [5.74, 6) is 0. The van der Waals surface area contributed by atoms with Crippen molar-refractivity contribution in [3.05, 3.63) is 29.7 Å². The summed E-state index contributed by atoms with van der Waals surface area (Å²) in [6, 6.07) is 0. The Morgan fingerprint density at radius 1 is 0.833 bits per heavy atom. The lowest BCUT2D eigenvalue weighted by Crippen LogP contribution is -2.28. The van der Waals surface area contributed by atoms with Crippen LogP contribution in [0.5, 0.6) is 0 Å². The number of carbonyl (C=O) groups is 1. The van der Waals surface area contributed by atoms with Crippen LogP contribution in [0.15, 0.2) is 28.1 Å². The van der Waals surface area contributed by atoms with E-state index in [1.165, 1.54) is 28.1 Å². The van der Waals surface area contributed by atoms with E-state index in [0.717, 1.165) is 11.4 Å². The smallest absolute Gasteiger partial charge is 0.419 e. The zero-order chi connectivity index (χ0) is 17.8. The Bertz CT molecular complexity index is 749. The third kappa shape index (κ3) is 3.32. The zero-order valence-electron chi connectivity index (χ0n) is 14.9. The van der Waals surface area contributed by atoms with Gasteiger partial charge in [0.2, 0.25) is 0 Å². The van der Waals surface area contributed by atoms with Gasteiger partial charge in [0.25, 0.3) is 0 Å². The number of aromatic nitrogens is 1.